The highest BCUT2D eigenvalue weighted by atomic mass is 32.2. The van der Waals surface area contributed by atoms with E-state index in [1.807, 2.05) is 13.0 Å². The summed E-state index contributed by atoms with van der Waals surface area (Å²) >= 11 is 1.27. The van der Waals surface area contributed by atoms with Crippen molar-refractivity contribution in [1.29, 1.82) is 5.26 Å². The summed E-state index contributed by atoms with van der Waals surface area (Å²) in [6.07, 6.45) is 4.23. The Labute approximate surface area is 126 Å². The number of nitrogens with one attached hydrogen (secondary N) is 1. The van der Waals surface area contributed by atoms with Crippen LogP contribution in [-0.2, 0) is 19.4 Å². The molecule has 0 unspecified atom stereocenters. The third-order valence-electron chi connectivity index (χ3n) is 3.61. The molecule has 0 fully saturated rings. The minimum Gasteiger partial charge on any atom is -0.270 e. The fraction of sp³-hybridized carbons (Fsp3) is 0.429. The molecule has 0 aromatic carbocycles. The lowest BCUT2D eigenvalue weighted by molar-refractivity contribution is 0.653. The molecule has 2 aromatic rings. The van der Waals surface area contributed by atoms with Crippen LogP contribution >= 0.6 is 11.8 Å². The first-order valence-corrected chi connectivity index (χ1v) is 7.80. The second kappa shape index (κ2) is 5.74. The second-order valence-electron chi connectivity index (χ2n) is 4.92. The Kier molecular flexibility index (Phi) is 3.80. The van der Waals surface area contributed by atoms with Gasteiger partial charge in [-0.3, -0.25) is 4.57 Å². The summed E-state index contributed by atoms with van der Waals surface area (Å²) in [4.78, 5) is 16.2. The molecule has 0 atom stereocenters. The number of nitrogens with zero attached hydrogens (tertiary/aromatic N) is 4. The van der Waals surface area contributed by atoms with Crippen molar-refractivity contribution in [2.75, 3.05) is 0 Å². The number of fused-ring (bicyclic) bond motifs is 1. The van der Waals surface area contributed by atoms with E-state index in [1.54, 1.807) is 0 Å². The Balaban J connectivity index is 2.02. The Hall–Kier alpha value is -2.07. The highest BCUT2D eigenvalue weighted by Gasteiger charge is 2.18. The van der Waals surface area contributed by atoms with Crippen molar-refractivity contribution in [3.8, 4) is 6.07 Å². The van der Waals surface area contributed by atoms with Crippen molar-refractivity contribution in [2.24, 2.45) is 0 Å². The number of aromatic amines is 1. The van der Waals surface area contributed by atoms with E-state index < -0.39 is 0 Å². The van der Waals surface area contributed by atoms with E-state index in [2.05, 4.69) is 21.3 Å². The average Bonchev–Trinajstić information content (AvgIpc) is 2.86. The molecule has 2 aromatic heterocycles. The van der Waals surface area contributed by atoms with Crippen molar-refractivity contribution >= 4 is 11.8 Å². The summed E-state index contributed by atoms with van der Waals surface area (Å²) in [6.45, 7) is 2.41. The molecule has 0 bridgehead atoms. The lowest BCUT2D eigenvalue weighted by atomic mass is 9.95. The molecule has 0 aliphatic heterocycles. The van der Waals surface area contributed by atoms with E-state index >= 15 is 0 Å². The maximum Gasteiger partial charge on any atom is 0.343 e. The van der Waals surface area contributed by atoms with Crippen LogP contribution in [0.15, 0.2) is 21.0 Å². The third-order valence-corrected chi connectivity index (χ3v) is 4.61. The predicted molar refractivity (Wildman–Crippen MR) is 78.2 cm³/mol. The normalized spacial score (nSPS) is 13.7. The molecule has 6 nitrogen and oxygen atoms in total. The summed E-state index contributed by atoms with van der Waals surface area (Å²) < 4.78 is 1.53. The fourth-order valence-electron chi connectivity index (χ4n) is 2.52. The van der Waals surface area contributed by atoms with Crippen molar-refractivity contribution in [3.05, 3.63) is 33.4 Å². The zero-order chi connectivity index (χ0) is 14.8. The first-order chi connectivity index (χ1) is 10.2. The molecule has 0 amide bonds. The van der Waals surface area contributed by atoms with Crippen LogP contribution in [0.1, 0.15) is 36.6 Å². The van der Waals surface area contributed by atoms with Crippen LogP contribution in [0.25, 0.3) is 0 Å². The summed E-state index contributed by atoms with van der Waals surface area (Å²) in [7, 11) is 0. The lowest BCUT2D eigenvalue weighted by Gasteiger charge is -2.16. The Morgan fingerprint density at radius 1 is 1.48 bits per heavy atom. The summed E-state index contributed by atoms with van der Waals surface area (Å²) in [5.41, 5.74) is 2.57. The number of hydrogen-bond donors (Lipinski definition) is 1. The van der Waals surface area contributed by atoms with Gasteiger partial charge in [-0.05, 0) is 56.0 Å². The molecule has 21 heavy (non-hydrogen) atoms. The molecule has 0 saturated heterocycles. The molecule has 1 N–H and O–H groups in total. The van der Waals surface area contributed by atoms with Crippen molar-refractivity contribution in [2.45, 2.75) is 49.3 Å². The van der Waals surface area contributed by atoms with E-state index in [0.29, 0.717) is 22.3 Å². The maximum atomic E-state index is 11.6. The molecule has 7 heteroatoms. The van der Waals surface area contributed by atoms with Gasteiger partial charge in [-0.1, -0.05) is 0 Å². The molecule has 2 heterocycles. The monoisotopic (exact) mass is 301 g/mol. The number of nitriles is 1. The number of rotatable bonds is 3. The Bertz CT molecular complexity index is 771. The van der Waals surface area contributed by atoms with Gasteiger partial charge in [0.1, 0.15) is 11.1 Å². The molecule has 0 saturated carbocycles. The first-order valence-electron chi connectivity index (χ1n) is 6.99. The molecule has 1 aliphatic rings. The van der Waals surface area contributed by atoms with Crippen LogP contribution in [0.5, 0.6) is 0 Å². The molecular formula is C14H15N5OS. The van der Waals surface area contributed by atoms with Gasteiger partial charge >= 0.3 is 5.69 Å². The summed E-state index contributed by atoms with van der Waals surface area (Å²) in [5.74, 6) is 0. The van der Waals surface area contributed by atoms with E-state index in [4.69, 9.17) is 0 Å². The number of pyridine rings is 1. The SMILES string of the molecule is CCn1c(Sc2nc3c(cc2C#N)CCCC3)n[nH]c1=O. The highest BCUT2D eigenvalue weighted by molar-refractivity contribution is 7.99. The molecule has 108 valence electrons. The molecular weight excluding hydrogens is 286 g/mol. The van der Waals surface area contributed by atoms with Crippen LogP contribution in [0.2, 0.25) is 0 Å². The van der Waals surface area contributed by atoms with Gasteiger partial charge < -0.3 is 0 Å². The lowest BCUT2D eigenvalue weighted by Crippen LogP contribution is -2.16. The van der Waals surface area contributed by atoms with Gasteiger partial charge in [0.15, 0.2) is 5.16 Å². The van der Waals surface area contributed by atoms with Crippen LogP contribution in [0.4, 0.5) is 0 Å². The van der Waals surface area contributed by atoms with Gasteiger partial charge in [-0.25, -0.2) is 14.9 Å². The van der Waals surface area contributed by atoms with Gasteiger partial charge in [0.05, 0.1) is 5.56 Å². The van der Waals surface area contributed by atoms with Gasteiger partial charge in [0, 0.05) is 12.2 Å². The topological polar surface area (TPSA) is 87.4 Å². The minimum atomic E-state index is -0.239. The summed E-state index contributed by atoms with van der Waals surface area (Å²) in [5, 5.41) is 16.9. The van der Waals surface area contributed by atoms with Gasteiger partial charge in [-0.15, -0.1) is 5.10 Å². The Morgan fingerprint density at radius 2 is 2.29 bits per heavy atom. The van der Waals surface area contributed by atoms with E-state index in [9.17, 15) is 10.1 Å². The van der Waals surface area contributed by atoms with Crippen molar-refractivity contribution < 1.29 is 0 Å². The predicted octanol–water partition coefficient (Wildman–Crippen LogP) is 1.89. The molecule has 1 aliphatic carbocycles. The third kappa shape index (κ3) is 2.59. The van der Waals surface area contributed by atoms with Crippen LogP contribution in [-0.4, -0.2) is 19.7 Å². The smallest absolute Gasteiger partial charge is 0.270 e. The van der Waals surface area contributed by atoms with E-state index in [1.165, 1.54) is 21.9 Å². The molecule has 0 spiro atoms. The van der Waals surface area contributed by atoms with Crippen LogP contribution in [0.3, 0.4) is 0 Å². The van der Waals surface area contributed by atoms with Crippen molar-refractivity contribution in [1.82, 2.24) is 19.7 Å². The fourth-order valence-corrected chi connectivity index (χ4v) is 3.48. The molecule has 0 radical (unpaired) electrons. The standard InChI is InChI=1S/C14H15N5OS/c1-2-19-13(20)17-18-14(19)21-12-10(8-15)7-9-5-3-4-6-11(9)16-12/h7H,2-6H2,1H3,(H,17,20). The second-order valence-corrected chi connectivity index (χ2v) is 5.88. The zero-order valence-corrected chi connectivity index (χ0v) is 12.5. The first kappa shape index (κ1) is 13.9. The minimum absolute atomic E-state index is 0.239. The van der Waals surface area contributed by atoms with Crippen molar-refractivity contribution in [3.63, 3.8) is 0 Å². The number of aryl methyl sites for hydroxylation is 2. The van der Waals surface area contributed by atoms with Gasteiger partial charge in [0.2, 0.25) is 0 Å². The quantitative estimate of drug-likeness (QED) is 0.935. The Morgan fingerprint density at radius 3 is 3.05 bits per heavy atom. The van der Waals surface area contributed by atoms with E-state index in [-0.39, 0.29) is 5.69 Å². The number of hydrogen-bond acceptors (Lipinski definition) is 5. The average molecular weight is 301 g/mol. The van der Waals surface area contributed by atoms with Crippen LogP contribution < -0.4 is 5.69 Å². The zero-order valence-electron chi connectivity index (χ0n) is 11.7. The van der Waals surface area contributed by atoms with E-state index in [0.717, 1.165) is 31.4 Å². The highest BCUT2D eigenvalue weighted by Crippen LogP contribution is 2.30. The largest absolute Gasteiger partial charge is 0.343 e. The number of H-pyrrole nitrogens is 1. The van der Waals surface area contributed by atoms with Gasteiger partial charge in [0.25, 0.3) is 0 Å². The summed E-state index contributed by atoms with van der Waals surface area (Å²) in [6, 6.07) is 4.14. The van der Waals surface area contributed by atoms with Crippen LogP contribution in [0, 0.1) is 11.3 Å². The number of aromatic nitrogens is 4. The van der Waals surface area contributed by atoms with Gasteiger partial charge in [-0.2, -0.15) is 5.26 Å². The molecule has 3 rings (SSSR count). The maximum absolute atomic E-state index is 11.6.